The Labute approximate surface area is 102 Å². The molecule has 1 aromatic heterocycles. The van der Waals surface area contributed by atoms with E-state index in [1.807, 2.05) is 25.8 Å². The minimum atomic E-state index is 0.150. The molecule has 0 aliphatic carbocycles. The summed E-state index contributed by atoms with van der Waals surface area (Å²) in [6.45, 7) is 6.01. The van der Waals surface area contributed by atoms with Gasteiger partial charge >= 0.3 is 0 Å². The summed E-state index contributed by atoms with van der Waals surface area (Å²) in [7, 11) is 1.81. The molecule has 1 amide bonds. The van der Waals surface area contributed by atoms with Crippen LogP contribution in [0.3, 0.4) is 0 Å². The molecular formula is C11H21N5O. The van der Waals surface area contributed by atoms with E-state index in [0.717, 1.165) is 13.1 Å². The number of aromatic nitrogens is 2. The fourth-order valence-electron chi connectivity index (χ4n) is 1.67. The van der Waals surface area contributed by atoms with E-state index in [1.165, 1.54) is 0 Å². The number of nitrogen functional groups attached to an aromatic ring is 1. The van der Waals surface area contributed by atoms with E-state index in [2.05, 4.69) is 10.4 Å². The van der Waals surface area contributed by atoms with E-state index in [4.69, 9.17) is 5.73 Å². The number of nitrogens with two attached hydrogens (primary N) is 1. The molecule has 96 valence electrons. The van der Waals surface area contributed by atoms with Gasteiger partial charge in [0.1, 0.15) is 0 Å². The molecular weight excluding hydrogens is 218 g/mol. The van der Waals surface area contributed by atoms with E-state index in [0.29, 0.717) is 24.5 Å². The van der Waals surface area contributed by atoms with E-state index < -0.39 is 0 Å². The van der Waals surface area contributed by atoms with Gasteiger partial charge in [0.25, 0.3) is 0 Å². The maximum atomic E-state index is 11.7. The number of carbonyl (C=O) groups is 1. The van der Waals surface area contributed by atoms with Crippen LogP contribution in [0.5, 0.6) is 0 Å². The highest BCUT2D eigenvalue weighted by molar-refractivity contribution is 5.76. The zero-order valence-electron chi connectivity index (χ0n) is 10.7. The summed E-state index contributed by atoms with van der Waals surface area (Å²) in [6.07, 6.45) is 2.19. The van der Waals surface area contributed by atoms with E-state index >= 15 is 0 Å². The first kappa shape index (κ1) is 13.3. The molecule has 0 saturated heterocycles. The third kappa shape index (κ3) is 3.65. The minimum Gasteiger partial charge on any atom is -0.394 e. The number of carbonyl (C=O) groups excluding carboxylic acids is 1. The number of hydrogen-bond donors (Lipinski definition) is 2. The molecule has 3 N–H and O–H groups in total. The Hall–Kier alpha value is -1.72. The van der Waals surface area contributed by atoms with Crippen molar-refractivity contribution < 1.29 is 4.79 Å². The number of nitrogens with zero attached hydrogens (tertiary/aromatic N) is 3. The van der Waals surface area contributed by atoms with E-state index in [9.17, 15) is 4.79 Å². The van der Waals surface area contributed by atoms with Crippen LogP contribution in [0.2, 0.25) is 0 Å². The van der Waals surface area contributed by atoms with Crippen molar-refractivity contribution in [2.45, 2.75) is 20.3 Å². The molecule has 1 rings (SSSR count). The highest BCUT2D eigenvalue weighted by Crippen LogP contribution is 2.13. The van der Waals surface area contributed by atoms with Gasteiger partial charge in [-0.05, 0) is 13.8 Å². The predicted molar refractivity (Wildman–Crippen MR) is 68.7 cm³/mol. The Bertz CT molecular complexity index is 370. The summed E-state index contributed by atoms with van der Waals surface area (Å²) >= 11 is 0. The molecule has 0 fully saturated rings. The molecule has 0 aliphatic heterocycles. The maximum absolute atomic E-state index is 11.7. The molecule has 0 spiro atoms. The van der Waals surface area contributed by atoms with Crippen LogP contribution in [0.15, 0.2) is 6.20 Å². The lowest BCUT2D eigenvalue weighted by Gasteiger charge is -2.18. The summed E-state index contributed by atoms with van der Waals surface area (Å²) in [5, 5.41) is 7.21. The summed E-state index contributed by atoms with van der Waals surface area (Å²) < 4.78 is 1.64. The van der Waals surface area contributed by atoms with Crippen LogP contribution in [-0.2, 0) is 11.8 Å². The Balaban J connectivity index is 2.37. The van der Waals surface area contributed by atoms with E-state index in [-0.39, 0.29) is 5.91 Å². The lowest BCUT2D eigenvalue weighted by atomic mass is 10.3. The highest BCUT2D eigenvalue weighted by Gasteiger charge is 2.09. The summed E-state index contributed by atoms with van der Waals surface area (Å²) in [5.74, 6) is 0.789. The fourth-order valence-corrected chi connectivity index (χ4v) is 1.67. The summed E-state index contributed by atoms with van der Waals surface area (Å²) in [5.41, 5.74) is 6.33. The Kier molecular flexibility index (Phi) is 4.81. The third-order valence-corrected chi connectivity index (χ3v) is 2.60. The first-order valence-corrected chi connectivity index (χ1v) is 5.89. The quantitative estimate of drug-likeness (QED) is 0.765. The van der Waals surface area contributed by atoms with Crippen LogP contribution >= 0.6 is 0 Å². The van der Waals surface area contributed by atoms with Crippen LogP contribution in [0.1, 0.15) is 20.3 Å². The second-order valence-electron chi connectivity index (χ2n) is 3.85. The van der Waals surface area contributed by atoms with Crippen molar-refractivity contribution in [2.24, 2.45) is 7.05 Å². The third-order valence-electron chi connectivity index (χ3n) is 2.60. The Morgan fingerprint density at radius 3 is 2.65 bits per heavy atom. The van der Waals surface area contributed by atoms with Gasteiger partial charge in [0, 0.05) is 39.3 Å². The van der Waals surface area contributed by atoms with Crippen molar-refractivity contribution in [3.8, 4) is 0 Å². The number of anilines is 2. The average Bonchev–Trinajstić information content (AvgIpc) is 2.59. The van der Waals surface area contributed by atoms with Crippen molar-refractivity contribution in [3.05, 3.63) is 6.20 Å². The monoisotopic (exact) mass is 239 g/mol. The number of hydrogen-bond acceptors (Lipinski definition) is 4. The molecule has 1 aromatic rings. The highest BCUT2D eigenvalue weighted by atomic mass is 16.2. The number of rotatable bonds is 6. The average molecular weight is 239 g/mol. The van der Waals surface area contributed by atoms with Gasteiger partial charge in [0.15, 0.2) is 5.82 Å². The molecule has 0 unspecified atom stereocenters. The van der Waals surface area contributed by atoms with Gasteiger partial charge in [-0.2, -0.15) is 5.10 Å². The van der Waals surface area contributed by atoms with Crippen LogP contribution in [0.25, 0.3) is 0 Å². The van der Waals surface area contributed by atoms with Gasteiger partial charge in [-0.3, -0.25) is 9.48 Å². The van der Waals surface area contributed by atoms with Crippen molar-refractivity contribution >= 4 is 17.4 Å². The standard InChI is InChI=1S/C11H21N5O/c1-4-16(5-2)10(17)6-7-13-11-9(12)8-15(3)14-11/h8H,4-7,12H2,1-3H3,(H,13,14). The zero-order chi connectivity index (χ0) is 12.8. The van der Waals surface area contributed by atoms with Crippen LogP contribution in [-0.4, -0.2) is 40.2 Å². The molecule has 0 aromatic carbocycles. The fraction of sp³-hybridized carbons (Fsp3) is 0.636. The first-order valence-electron chi connectivity index (χ1n) is 5.89. The molecule has 6 heteroatoms. The Morgan fingerprint density at radius 2 is 2.18 bits per heavy atom. The number of nitrogens with one attached hydrogen (secondary N) is 1. The SMILES string of the molecule is CCN(CC)C(=O)CCNc1nn(C)cc1N. The summed E-state index contributed by atoms with van der Waals surface area (Å²) in [4.78, 5) is 13.5. The molecule has 0 radical (unpaired) electrons. The molecule has 0 bridgehead atoms. The second kappa shape index (κ2) is 6.12. The second-order valence-corrected chi connectivity index (χ2v) is 3.85. The molecule has 0 aliphatic rings. The van der Waals surface area contributed by atoms with Gasteiger partial charge in [-0.15, -0.1) is 0 Å². The van der Waals surface area contributed by atoms with Crippen LogP contribution in [0, 0.1) is 0 Å². The zero-order valence-corrected chi connectivity index (χ0v) is 10.7. The van der Waals surface area contributed by atoms with Crippen LogP contribution in [0.4, 0.5) is 11.5 Å². The van der Waals surface area contributed by atoms with Gasteiger partial charge in [0.2, 0.25) is 5.91 Å². The summed E-state index contributed by atoms with van der Waals surface area (Å²) in [6, 6.07) is 0. The van der Waals surface area contributed by atoms with Gasteiger partial charge in [-0.25, -0.2) is 0 Å². The largest absolute Gasteiger partial charge is 0.394 e. The first-order chi connectivity index (χ1) is 8.08. The molecule has 0 atom stereocenters. The predicted octanol–water partition coefficient (Wildman–Crippen LogP) is 0.673. The topological polar surface area (TPSA) is 76.2 Å². The van der Waals surface area contributed by atoms with Crippen molar-refractivity contribution in [1.29, 1.82) is 0 Å². The van der Waals surface area contributed by atoms with Gasteiger partial charge < -0.3 is 16.0 Å². The van der Waals surface area contributed by atoms with Crippen molar-refractivity contribution in [1.82, 2.24) is 14.7 Å². The number of aryl methyl sites for hydroxylation is 1. The van der Waals surface area contributed by atoms with E-state index in [1.54, 1.807) is 10.9 Å². The van der Waals surface area contributed by atoms with Crippen molar-refractivity contribution in [3.63, 3.8) is 0 Å². The molecule has 0 saturated carbocycles. The smallest absolute Gasteiger partial charge is 0.224 e. The lowest BCUT2D eigenvalue weighted by Crippen LogP contribution is -2.31. The maximum Gasteiger partial charge on any atom is 0.224 e. The van der Waals surface area contributed by atoms with Crippen molar-refractivity contribution in [2.75, 3.05) is 30.7 Å². The Morgan fingerprint density at radius 1 is 1.53 bits per heavy atom. The van der Waals surface area contributed by atoms with Gasteiger partial charge in [-0.1, -0.05) is 0 Å². The molecule has 17 heavy (non-hydrogen) atoms. The normalized spacial score (nSPS) is 10.3. The molecule has 6 nitrogen and oxygen atoms in total. The minimum absolute atomic E-state index is 0.150. The lowest BCUT2D eigenvalue weighted by molar-refractivity contribution is -0.130. The molecule has 1 heterocycles. The van der Waals surface area contributed by atoms with Crippen LogP contribution < -0.4 is 11.1 Å². The number of amides is 1. The van der Waals surface area contributed by atoms with Gasteiger partial charge in [0.05, 0.1) is 5.69 Å².